The first-order valence-electron chi connectivity index (χ1n) is 6.79. The lowest BCUT2D eigenvalue weighted by Gasteiger charge is -2.14. The van der Waals surface area contributed by atoms with Crippen LogP contribution in [0.2, 0.25) is 0 Å². The summed E-state index contributed by atoms with van der Waals surface area (Å²) in [6, 6.07) is 6.03. The van der Waals surface area contributed by atoms with Crippen LogP contribution in [0.25, 0.3) is 0 Å². The molecule has 7 heteroatoms. The van der Waals surface area contributed by atoms with Crippen molar-refractivity contribution in [3.8, 4) is 0 Å². The average Bonchev–Trinajstić information content (AvgIpc) is 2.39. The zero-order valence-corrected chi connectivity index (χ0v) is 12.3. The summed E-state index contributed by atoms with van der Waals surface area (Å²) in [5.41, 5.74) is 0.938. The maximum atomic E-state index is 12.1. The van der Waals surface area contributed by atoms with E-state index in [0.717, 1.165) is 5.56 Å². The Kier molecular flexibility index (Phi) is 5.96. The molecule has 0 radical (unpaired) electrons. The number of anilines is 1. The van der Waals surface area contributed by atoms with E-state index in [4.69, 9.17) is 5.11 Å². The van der Waals surface area contributed by atoms with Crippen molar-refractivity contribution in [3.63, 3.8) is 0 Å². The standard InChI is InChI=1S/C15H18F3NO3/c1-9(7-10(2)13(20)21)8-11-3-5-12(6-4-11)19-14(22)15(16,17)18/h3-6,9-10H,7-8H2,1-2H3,(H,19,22)(H,20,21)/t9-,10-/m1/s1. The number of amides is 1. The van der Waals surface area contributed by atoms with Crippen LogP contribution in [0.5, 0.6) is 0 Å². The molecule has 2 N–H and O–H groups in total. The van der Waals surface area contributed by atoms with Crippen molar-refractivity contribution in [2.24, 2.45) is 11.8 Å². The summed E-state index contributed by atoms with van der Waals surface area (Å²) >= 11 is 0. The van der Waals surface area contributed by atoms with Crippen LogP contribution < -0.4 is 5.32 Å². The second kappa shape index (κ2) is 7.29. The first kappa shape index (κ1) is 18.0. The van der Waals surface area contributed by atoms with E-state index in [-0.39, 0.29) is 11.6 Å². The molecule has 0 aliphatic carbocycles. The average molecular weight is 317 g/mol. The van der Waals surface area contributed by atoms with Gasteiger partial charge in [-0.1, -0.05) is 26.0 Å². The van der Waals surface area contributed by atoms with Crippen LogP contribution in [-0.4, -0.2) is 23.2 Å². The van der Waals surface area contributed by atoms with Gasteiger partial charge in [0.25, 0.3) is 0 Å². The van der Waals surface area contributed by atoms with Gasteiger partial charge in [-0.25, -0.2) is 0 Å². The molecule has 0 fully saturated rings. The summed E-state index contributed by atoms with van der Waals surface area (Å²) in [5.74, 6) is -3.18. The lowest BCUT2D eigenvalue weighted by molar-refractivity contribution is -0.167. The number of carbonyl (C=O) groups excluding carboxylic acids is 1. The van der Waals surface area contributed by atoms with Gasteiger partial charge in [0.15, 0.2) is 0 Å². The number of carbonyl (C=O) groups is 2. The Bertz CT molecular complexity index is 526. The van der Waals surface area contributed by atoms with Gasteiger partial charge >= 0.3 is 18.1 Å². The lowest BCUT2D eigenvalue weighted by atomic mass is 9.92. The van der Waals surface area contributed by atoms with Gasteiger partial charge in [-0.15, -0.1) is 0 Å². The number of benzene rings is 1. The van der Waals surface area contributed by atoms with Gasteiger partial charge in [0.2, 0.25) is 0 Å². The summed E-state index contributed by atoms with van der Waals surface area (Å²) in [6.07, 6.45) is -3.78. The smallest absolute Gasteiger partial charge is 0.471 e. The van der Waals surface area contributed by atoms with Crippen molar-refractivity contribution in [3.05, 3.63) is 29.8 Å². The van der Waals surface area contributed by atoms with Gasteiger partial charge < -0.3 is 10.4 Å². The third-order valence-electron chi connectivity index (χ3n) is 3.23. The van der Waals surface area contributed by atoms with E-state index in [9.17, 15) is 22.8 Å². The first-order valence-corrected chi connectivity index (χ1v) is 6.79. The highest BCUT2D eigenvalue weighted by molar-refractivity contribution is 5.94. The molecule has 0 heterocycles. The van der Waals surface area contributed by atoms with Gasteiger partial charge in [-0.05, 0) is 36.5 Å². The zero-order chi connectivity index (χ0) is 16.9. The van der Waals surface area contributed by atoms with Crippen LogP contribution in [0.3, 0.4) is 0 Å². The predicted octanol–water partition coefficient (Wildman–Crippen LogP) is 3.48. The van der Waals surface area contributed by atoms with Crippen molar-refractivity contribution in [1.29, 1.82) is 0 Å². The number of aliphatic carboxylic acids is 1. The summed E-state index contributed by atoms with van der Waals surface area (Å²) in [5, 5.41) is 10.6. The first-order chi connectivity index (χ1) is 10.1. The number of halogens is 3. The number of carboxylic acid groups (broad SMARTS) is 1. The maximum Gasteiger partial charge on any atom is 0.471 e. The van der Waals surface area contributed by atoms with Crippen molar-refractivity contribution < 1.29 is 27.9 Å². The van der Waals surface area contributed by atoms with Gasteiger partial charge in [0, 0.05) is 5.69 Å². The van der Waals surface area contributed by atoms with Gasteiger partial charge in [-0.3, -0.25) is 9.59 Å². The fourth-order valence-corrected chi connectivity index (χ4v) is 2.12. The molecule has 0 saturated heterocycles. The Morgan fingerprint density at radius 1 is 1.18 bits per heavy atom. The second-order valence-electron chi connectivity index (χ2n) is 5.43. The van der Waals surface area contributed by atoms with E-state index in [2.05, 4.69) is 0 Å². The zero-order valence-electron chi connectivity index (χ0n) is 12.3. The molecular formula is C15H18F3NO3. The molecule has 122 valence electrons. The van der Waals surface area contributed by atoms with Crippen LogP contribution in [0, 0.1) is 11.8 Å². The summed E-state index contributed by atoms with van der Waals surface area (Å²) < 4.78 is 36.3. The minimum absolute atomic E-state index is 0.0673. The molecule has 1 aromatic carbocycles. The molecule has 0 bridgehead atoms. The van der Waals surface area contributed by atoms with Crippen molar-refractivity contribution in [2.45, 2.75) is 32.9 Å². The molecule has 0 spiro atoms. The molecule has 2 atom stereocenters. The Morgan fingerprint density at radius 3 is 2.18 bits per heavy atom. The molecule has 0 aliphatic rings. The van der Waals surface area contributed by atoms with Crippen LogP contribution in [-0.2, 0) is 16.0 Å². The summed E-state index contributed by atoms with van der Waals surface area (Å²) in [4.78, 5) is 21.6. The third kappa shape index (κ3) is 5.75. The third-order valence-corrected chi connectivity index (χ3v) is 3.23. The molecule has 1 aromatic rings. The van der Waals surface area contributed by atoms with E-state index in [0.29, 0.717) is 12.8 Å². The topological polar surface area (TPSA) is 66.4 Å². The number of nitrogens with one attached hydrogen (secondary N) is 1. The van der Waals surface area contributed by atoms with Gasteiger partial charge in [0.1, 0.15) is 0 Å². The Morgan fingerprint density at radius 2 is 1.73 bits per heavy atom. The molecule has 1 rings (SSSR count). The Hall–Kier alpha value is -2.05. The van der Waals surface area contributed by atoms with E-state index in [1.54, 1.807) is 24.4 Å². The monoisotopic (exact) mass is 317 g/mol. The number of hydrogen-bond donors (Lipinski definition) is 2. The minimum atomic E-state index is -4.92. The van der Waals surface area contributed by atoms with Crippen LogP contribution >= 0.6 is 0 Å². The van der Waals surface area contributed by atoms with Crippen molar-refractivity contribution in [2.75, 3.05) is 5.32 Å². The Balaban J connectivity index is 2.58. The molecule has 4 nitrogen and oxygen atoms in total. The van der Waals surface area contributed by atoms with Crippen molar-refractivity contribution >= 4 is 17.6 Å². The molecule has 0 aliphatic heterocycles. The van der Waals surface area contributed by atoms with Crippen molar-refractivity contribution in [1.82, 2.24) is 0 Å². The number of rotatable bonds is 6. The highest BCUT2D eigenvalue weighted by Crippen LogP contribution is 2.21. The molecule has 22 heavy (non-hydrogen) atoms. The summed E-state index contributed by atoms with van der Waals surface area (Å²) in [7, 11) is 0. The second-order valence-corrected chi connectivity index (χ2v) is 5.43. The fraction of sp³-hybridized carbons (Fsp3) is 0.467. The van der Waals surface area contributed by atoms with Gasteiger partial charge in [-0.2, -0.15) is 13.2 Å². The highest BCUT2D eigenvalue weighted by Gasteiger charge is 2.38. The van der Waals surface area contributed by atoms with E-state index in [1.807, 2.05) is 6.92 Å². The fourth-order valence-electron chi connectivity index (χ4n) is 2.12. The maximum absolute atomic E-state index is 12.1. The number of alkyl halides is 3. The number of hydrogen-bond acceptors (Lipinski definition) is 2. The molecule has 0 unspecified atom stereocenters. The van der Waals surface area contributed by atoms with E-state index < -0.39 is 24.0 Å². The largest absolute Gasteiger partial charge is 0.481 e. The highest BCUT2D eigenvalue weighted by atomic mass is 19.4. The van der Waals surface area contributed by atoms with E-state index >= 15 is 0 Å². The molecule has 0 saturated carbocycles. The number of carboxylic acids is 1. The van der Waals surface area contributed by atoms with Crippen LogP contribution in [0.4, 0.5) is 18.9 Å². The van der Waals surface area contributed by atoms with Crippen LogP contribution in [0.15, 0.2) is 24.3 Å². The van der Waals surface area contributed by atoms with E-state index in [1.165, 1.54) is 12.1 Å². The Labute approximate surface area is 126 Å². The molecule has 1 amide bonds. The quantitative estimate of drug-likeness (QED) is 0.844. The molecule has 0 aromatic heterocycles. The normalized spacial score (nSPS) is 14.2. The lowest BCUT2D eigenvalue weighted by Crippen LogP contribution is -2.29. The minimum Gasteiger partial charge on any atom is -0.481 e. The molecular weight excluding hydrogens is 299 g/mol. The summed E-state index contributed by atoms with van der Waals surface area (Å²) in [6.45, 7) is 3.55. The van der Waals surface area contributed by atoms with Crippen LogP contribution in [0.1, 0.15) is 25.8 Å². The SMILES string of the molecule is C[C@@H](Cc1ccc(NC(=O)C(F)(F)F)cc1)C[C@@H](C)C(=O)O. The van der Waals surface area contributed by atoms with Gasteiger partial charge in [0.05, 0.1) is 5.92 Å². The predicted molar refractivity (Wildman–Crippen MR) is 75.4 cm³/mol.